The second-order valence-corrected chi connectivity index (χ2v) is 17.7. The Kier molecular flexibility index (Phi) is 10.3. The predicted octanol–water partition coefficient (Wildman–Crippen LogP) is 6.19. The van der Waals surface area contributed by atoms with E-state index in [1.807, 2.05) is 28.0 Å². The number of rotatable bonds is 10. The Morgan fingerprint density at radius 2 is 1.81 bits per heavy atom. The molecule has 3 amide bonds. The van der Waals surface area contributed by atoms with Gasteiger partial charge in [-0.05, 0) is 93.1 Å². The Morgan fingerprint density at radius 3 is 2.50 bits per heavy atom. The van der Waals surface area contributed by atoms with Crippen molar-refractivity contribution in [3.05, 3.63) is 70.6 Å². The van der Waals surface area contributed by atoms with E-state index in [-0.39, 0.29) is 65.2 Å². The third-order valence-corrected chi connectivity index (χ3v) is 13.6. The van der Waals surface area contributed by atoms with Gasteiger partial charge in [-0.25, -0.2) is 13.2 Å². The average molecular weight is 761 g/mol. The standard InChI is InChI=1S/C37H44F3N4O6PS/c1-42(16-13-32(38)39)26-8-10-28(41-34(45)31-18-24-17-23(7-12-30(24)52-31)33(40)51(48,49)50)35(46)44-27(19-26)9-11-29(44)36(47)43-21-25(20-37(43)14-15-37)22-5-3-2-4-6-22/h2-7,12,17-18,25-29,32-33H,8-11,13-16,19-21H2,1H3,(H,41,45)(H2,48,49,50)/t25-,26+,27-,28+,29+,33-/m1/s1. The number of thiophene rings is 1. The van der Waals surface area contributed by atoms with Gasteiger partial charge in [0.2, 0.25) is 24.2 Å². The summed E-state index contributed by atoms with van der Waals surface area (Å²) in [5.74, 6) is -3.25. The molecule has 0 radical (unpaired) electrons. The van der Waals surface area contributed by atoms with Crippen molar-refractivity contribution < 1.29 is 41.9 Å². The molecule has 3 N–H and O–H groups in total. The van der Waals surface area contributed by atoms with Crippen LogP contribution in [0.25, 0.3) is 10.1 Å². The van der Waals surface area contributed by atoms with E-state index in [0.29, 0.717) is 42.3 Å². The molecule has 0 bridgehead atoms. The minimum Gasteiger partial charge on any atom is -0.340 e. The molecule has 4 fully saturated rings. The molecule has 10 nitrogen and oxygen atoms in total. The van der Waals surface area contributed by atoms with Crippen LogP contribution in [0.4, 0.5) is 13.2 Å². The molecule has 1 saturated carbocycles. The molecular formula is C37H44F3N4O6PS. The zero-order chi connectivity index (χ0) is 36.9. The SMILES string of the molecule is CN(CCC(F)F)[C@H]1CC[C@H](NC(=O)c2cc3cc([C@H](F)P(=O)(O)O)ccc3s2)C(=O)N2[C@H](CC[C@H]2C(=O)N2C[C@H](c3ccccc3)CC23CC3)C1. The molecular weight excluding hydrogens is 716 g/mol. The molecule has 1 aromatic heterocycles. The van der Waals surface area contributed by atoms with Gasteiger partial charge in [-0.3, -0.25) is 18.9 Å². The van der Waals surface area contributed by atoms with Crippen LogP contribution in [0, 0.1) is 0 Å². The van der Waals surface area contributed by atoms with Crippen LogP contribution >= 0.6 is 18.9 Å². The van der Waals surface area contributed by atoms with E-state index < -0.39 is 37.9 Å². The maximum Gasteiger partial charge on any atom is 0.363 e. The quantitative estimate of drug-likeness (QED) is 0.210. The van der Waals surface area contributed by atoms with E-state index in [1.165, 1.54) is 29.8 Å². The fraction of sp³-hybridized carbons (Fsp3) is 0.541. The summed E-state index contributed by atoms with van der Waals surface area (Å²) in [7, 11) is -3.23. The van der Waals surface area contributed by atoms with Gasteiger partial charge in [0.1, 0.15) is 12.1 Å². The molecule has 7 rings (SSSR count). The summed E-state index contributed by atoms with van der Waals surface area (Å²) in [5.41, 5.74) is 0.776. The molecule has 0 unspecified atom stereocenters. The zero-order valence-corrected chi connectivity index (χ0v) is 30.6. The van der Waals surface area contributed by atoms with E-state index in [2.05, 4.69) is 17.4 Å². The van der Waals surface area contributed by atoms with Crippen LogP contribution in [0.15, 0.2) is 54.6 Å². The van der Waals surface area contributed by atoms with Crippen LogP contribution in [0.2, 0.25) is 0 Å². The first-order valence-electron chi connectivity index (χ1n) is 17.9. The van der Waals surface area contributed by atoms with Gasteiger partial charge in [0.15, 0.2) is 0 Å². The van der Waals surface area contributed by atoms with Crippen LogP contribution < -0.4 is 5.32 Å². The molecule has 280 valence electrons. The van der Waals surface area contributed by atoms with Crippen molar-refractivity contribution in [3.8, 4) is 0 Å². The fourth-order valence-electron chi connectivity index (χ4n) is 8.67. The Bertz CT molecular complexity index is 1870. The lowest BCUT2D eigenvalue weighted by Crippen LogP contribution is -2.59. The highest BCUT2D eigenvalue weighted by Crippen LogP contribution is 2.55. The number of nitrogens with one attached hydrogen (secondary N) is 1. The van der Waals surface area contributed by atoms with E-state index in [0.717, 1.165) is 30.6 Å². The second kappa shape index (κ2) is 14.5. The molecule has 1 spiro atoms. The Labute approximate surface area is 304 Å². The molecule has 3 saturated heterocycles. The summed E-state index contributed by atoms with van der Waals surface area (Å²) in [6.45, 7) is 0.751. The number of fused-ring (bicyclic) bond motifs is 2. The van der Waals surface area contributed by atoms with Gasteiger partial charge in [-0.15, -0.1) is 11.3 Å². The molecule has 4 aliphatic rings. The maximum atomic E-state index is 14.5. The van der Waals surface area contributed by atoms with Crippen molar-refractivity contribution in [1.29, 1.82) is 0 Å². The van der Waals surface area contributed by atoms with Gasteiger partial charge in [0.05, 0.1) is 4.88 Å². The first-order valence-corrected chi connectivity index (χ1v) is 20.4. The second-order valence-electron chi connectivity index (χ2n) is 15.0. The van der Waals surface area contributed by atoms with Gasteiger partial charge >= 0.3 is 7.60 Å². The van der Waals surface area contributed by atoms with Gasteiger partial charge in [-0.1, -0.05) is 36.4 Å². The van der Waals surface area contributed by atoms with Gasteiger partial charge in [0, 0.05) is 47.8 Å². The van der Waals surface area contributed by atoms with Crippen molar-refractivity contribution in [2.75, 3.05) is 20.1 Å². The highest BCUT2D eigenvalue weighted by molar-refractivity contribution is 7.51. The molecule has 4 heterocycles. The topological polar surface area (TPSA) is 130 Å². The van der Waals surface area contributed by atoms with Gasteiger partial charge in [-0.2, -0.15) is 0 Å². The predicted molar refractivity (Wildman–Crippen MR) is 191 cm³/mol. The van der Waals surface area contributed by atoms with E-state index in [4.69, 9.17) is 0 Å². The number of hydrogen-bond acceptors (Lipinski definition) is 6. The van der Waals surface area contributed by atoms with E-state index in [9.17, 15) is 41.9 Å². The summed E-state index contributed by atoms with van der Waals surface area (Å²) in [4.78, 5) is 67.2. The van der Waals surface area contributed by atoms with Crippen LogP contribution in [0.1, 0.15) is 90.4 Å². The monoisotopic (exact) mass is 760 g/mol. The first-order chi connectivity index (χ1) is 24.7. The molecule has 15 heteroatoms. The lowest BCUT2D eigenvalue weighted by molar-refractivity contribution is -0.148. The fourth-order valence-corrected chi connectivity index (χ4v) is 10.2. The number of likely N-dealkylation sites (tertiary alicyclic amines) is 1. The third-order valence-electron chi connectivity index (χ3n) is 11.6. The maximum absolute atomic E-state index is 14.5. The third kappa shape index (κ3) is 7.42. The summed E-state index contributed by atoms with van der Waals surface area (Å²) in [6.07, 6.45) is 2.31. The summed E-state index contributed by atoms with van der Waals surface area (Å²) in [5, 5.41) is 3.33. The summed E-state index contributed by atoms with van der Waals surface area (Å²) in [6, 6.07) is 13.6. The van der Waals surface area contributed by atoms with Crippen molar-refractivity contribution in [3.63, 3.8) is 0 Å². The normalized spacial score (nSPS) is 26.5. The zero-order valence-electron chi connectivity index (χ0n) is 28.9. The largest absolute Gasteiger partial charge is 0.363 e. The van der Waals surface area contributed by atoms with Gasteiger partial charge < -0.3 is 29.8 Å². The number of carbonyl (C=O) groups is 3. The van der Waals surface area contributed by atoms with Crippen molar-refractivity contribution in [2.24, 2.45) is 0 Å². The summed E-state index contributed by atoms with van der Waals surface area (Å²) < 4.78 is 52.9. The number of amides is 3. The molecule has 52 heavy (non-hydrogen) atoms. The highest BCUT2D eigenvalue weighted by atomic mass is 32.1. The van der Waals surface area contributed by atoms with Crippen molar-refractivity contribution >= 4 is 46.7 Å². The minimum atomic E-state index is -5.03. The first kappa shape index (κ1) is 37.0. The Morgan fingerprint density at radius 1 is 1.06 bits per heavy atom. The Hall–Kier alpha value is -3.29. The molecule has 2 aromatic carbocycles. The molecule has 3 aromatic rings. The number of alkyl halides is 3. The lowest BCUT2D eigenvalue weighted by atomic mass is 9.93. The Balaban J connectivity index is 1.14. The number of benzene rings is 2. The van der Waals surface area contributed by atoms with E-state index in [1.54, 1.807) is 11.9 Å². The van der Waals surface area contributed by atoms with Crippen LogP contribution in [-0.4, -0.2) is 98.5 Å². The molecule has 3 aliphatic heterocycles. The number of halogens is 3. The number of nitrogens with zero attached hydrogens (tertiary/aromatic N) is 3. The van der Waals surface area contributed by atoms with Crippen molar-refractivity contribution in [2.45, 2.75) is 106 Å². The number of carbonyl (C=O) groups excluding carboxylic acids is 3. The van der Waals surface area contributed by atoms with Crippen LogP contribution in [-0.2, 0) is 14.2 Å². The van der Waals surface area contributed by atoms with Crippen LogP contribution in [0.5, 0.6) is 0 Å². The smallest absolute Gasteiger partial charge is 0.340 e. The minimum absolute atomic E-state index is 0.0678. The molecule has 6 atom stereocenters. The highest BCUT2D eigenvalue weighted by Gasteiger charge is 2.58. The molecule has 1 aliphatic carbocycles. The van der Waals surface area contributed by atoms with Crippen molar-refractivity contribution in [1.82, 2.24) is 20.0 Å². The lowest BCUT2D eigenvalue weighted by Gasteiger charge is -2.41. The average Bonchev–Trinajstić information content (AvgIpc) is 3.41. The van der Waals surface area contributed by atoms with Crippen LogP contribution in [0.3, 0.4) is 0 Å². The number of hydrogen-bond donors (Lipinski definition) is 3. The van der Waals surface area contributed by atoms with Gasteiger partial charge in [0.25, 0.3) is 5.91 Å². The summed E-state index contributed by atoms with van der Waals surface area (Å²) >= 11 is 1.10. The van der Waals surface area contributed by atoms with E-state index >= 15 is 0 Å².